The van der Waals surface area contributed by atoms with Crippen LogP contribution < -0.4 is 5.11 Å². The van der Waals surface area contributed by atoms with E-state index in [1.165, 1.54) is 0 Å². The summed E-state index contributed by atoms with van der Waals surface area (Å²) in [5, 5.41) is 11.6. The summed E-state index contributed by atoms with van der Waals surface area (Å²) in [6, 6.07) is -0.755. The first-order valence-corrected chi connectivity index (χ1v) is 23.9. The number of hydrogen-bond acceptors (Lipinski definition) is 7. The van der Waals surface area contributed by atoms with Crippen molar-refractivity contribution >= 4 is 17.9 Å². The summed E-state index contributed by atoms with van der Waals surface area (Å²) in [6.45, 7) is 4.28. The van der Waals surface area contributed by atoms with Gasteiger partial charge in [0.1, 0.15) is 12.6 Å². The second kappa shape index (κ2) is 44.8. The number of quaternary nitrogens is 1. The minimum Gasteiger partial charge on any atom is -0.544 e. The molecule has 0 saturated heterocycles. The Morgan fingerprint density at radius 1 is 0.469 bits per heavy atom. The van der Waals surface area contributed by atoms with Gasteiger partial charge < -0.3 is 28.6 Å². The van der Waals surface area contributed by atoms with Gasteiger partial charge in [-0.3, -0.25) is 9.59 Å². The van der Waals surface area contributed by atoms with E-state index in [9.17, 15) is 19.5 Å². The quantitative estimate of drug-likeness (QED) is 0.0261. The molecule has 0 aromatic heterocycles. The zero-order valence-electron chi connectivity index (χ0n) is 40.4. The van der Waals surface area contributed by atoms with Crippen LogP contribution in [0.4, 0.5) is 0 Å². The minimum atomic E-state index is -1.15. The molecule has 0 aliphatic carbocycles. The topological polar surface area (TPSA) is 102 Å². The van der Waals surface area contributed by atoms with E-state index < -0.39 is 24.1 Å². The molecule has 0 N–H and O–H groups in total. The van der Waals surface area contributed by atoms with Gasteiger partial charge in [-0.1, -0.05) is 160 Å². The molecule has 2 atom stereocenters. The lowest BCUT2D eigenvalue weighted by Gasteiger charge is -2.34. The average Bonchev–Trinajstić information content (AvgIpc) is 3.26. The Morgan fingerprint density at radius 3 is 1.12 bits per heavy atom. The van der Waals surface area contributed by atoms with Gasteiger partial charge in [0, 0.05) is 19.3 Å². The van der Waals surface area contributed by atoms with Crippen LogP contribution in [0.2, 0.25) is 0 Å². The number of unbranched alkanes of at least 4 members (excludes halogenated alkanes) is 2. The van der Waals surface area contributed by atoms with E-state index in [-0.39, 0.29) is 49.5 Å². The van der Waals surface area contributed by atoms with E-state index >= 15 is 0 Å². The summed E-state index contributed by atoms with van der Waals surface area (Å²) in [6.07, 6.45) is 66.1. The number of likely N-dealkylation sites (N-methyl/N-ethyl adjacent to an activating group) is 1. The fraction of sp³-hybridized carbons (Fsp3) is 0.518. The first kappa shape index (κ1) is 59.2. The highest BCUT2D eigenvalue weighted by Gasteiger charge is 2.25. The maximum atomic E-state index is 12.7. The van der Waals surface area contributed by atoms with Gasteiger partial charge in [-0.2, -0.15) is 0 Å². The highest BCUT2D eigenvalue weighted by atomic mass is 16.6. The summed E-state index contributed by atoms with van der Waals surface area (Å²) in [5.41, 5.74) is 0. The number of ether oxygens (including phenoxy) is 3. The number of esters is 2. The number of carbonyl (C=O) groups is 3. The maximum absolute atomic E-state index is 12.7. The fourth-order valence-corrected chi connectivity index (χ4v) is 5.86. The molecule has 2 unspecified atom stereocenters. The van der Waals surface area contributed by atoms with Gasteiger partial charge in [-0.15, -0.1) is 0 Å². The molecule has 0 aromatic carbocycles. The molecule has 8 heteroatoms. The third-order valence-electron chi connectivity index (χ3n) is 9.47. The fourth-order valence-electron chi connectivity index (χ4n) is 5.86. The van der Waals surface area contributed by atoms with Gasteiger partial charge in [0.05, 0.1) is 40.3 Å². The highest BCUT2D eigenvalue weighted by Crippen LogP contribution is 2.10. The maximum Gasteiger partial charge on any atom is 0.306 e. The van der Waals surface area contributed by atoms with Crippen LogP contribution >= 0.6 is 0 Å². The van der Waals surface area contributed by atoms with Crippen molar-refractivity contribution in [1.29, 1.82) is 0 Å². The van der Waals surface area contributed by atoms with Crippen molar-refractivity contribution < 1.29 is 38.2 Å². The predicted molar refractivity (Wildman–Crippen MR) is 267 cm³/mol. The number of allylic oxidation sites excluding steroid dienone is 24. The van der Waals surface area contributed by atoms with Gasteiger partial charge in [0.25, 0.3) is 0 Å². The zero-order valence-corrected chi connectivity index (χ0v) is 40.4. The molecule has 0 rings (SSSR count). The third kappa shape index (κ3) is 42.5. The van der Waals surface area contributed by atoms with Gasteiger partial charge in [0.15, 0.2) is 6.10 Å². The minimum absolute atomic E-state index is 0.0119. The largest absolute Gasteiger partial charge is 0.544 e. The molecule has 356 valence electrons. The van der Waals surface area contributed by atoms with Crippen molar-refractivity contribution in [2.75, 3.05) is 41.0 Å². The molecule has 0 fully saturated rings. The van der Waals surface area contributed by atoms with E-state index in [0.717, 1.165) is 89.9 Å². The predicted octanol–water partition coefficient (Wildman–Crippen LogP) is 12.4. The molecule has 0 radical (unpaired) electrons. The highest BCUT2D eigenvalue weighted by molar-refractivity contribution is 5.70. The van der Waals surface area contributed by atoms with Crippen molar-refractivity contribution in [3.63, 3.8) is 0 Å². The average molecular weight is 884 g/mol. The lowest BCUT2D eigenvalue weighted by atomic mass is 10.1. The second-order valence-corrected chi connectivity index (χ2v) is 16.2. The van der Waals surface area contributed by atoms with Crippen LogP contribution in [0.25, 0.3) is 0 Å². The van der Waals surface area contributed by atoms with Crippen molar-refractivity contribution in [1.82, 2.24) is 0 Å². The van der Waals surface area contributed by atoms with Crippen molar-refractivity contribution in [2.45, 2.75) is 148 Å². The molecule has 0 aliphatic rings. The first-order valence-electron chi connectivity index (χ1n) is 23.9. The van der Waals surface area contributed by atoms with Crippen molar-refractivity contribution in [3.05, 3.63) is 146 Å². The van der Waals surface area contributed by atoms with Crippen molar-refractivity contribution in [3.8, 4) is 0 Å². The smallest absolute Gasteiger partial charge is 0.306 e. The second-order valence-electron chi connectivity index (χ2n) is 16.2. The van der Waals surface area contributed by atoms with Crippen LogP contribution in [0, 0.1) is 0 Å². The van der Waals surface area contributed by atoms with Crippen LogP contribution in [0.15, 0.2) is 146 Å². The molecular formula is C56H85NO7. The number of carbonyl (C=O) groups excluding carboxylic acids is 3. The van der Waals surface area contributed by atoms with E-state index in [2.05, 4.69) is 160 Å². The Balaban J connectivity index is 4.52. The Labute approximate surface area is 389 Å². The molecular weight excluding hydrogens is 799 g/mol. The van der Waals surface area contributed by atoms with E-state index in [1.807, 2.05) is 0 Å². The van der Waals surface area contributed by atoms with Crippen LogP contribution in [0.1, 0.15) is 136 Å². The lowest BCUT2D eigenvalue weighted by molar-refractivity contribution is -0.889. The number of aliphatic carboxylic acids is 1. The van der Waals surface area contributed by atoms with Gasteiger partial charge in [-0.05, 0) is 103 Å². The molecule has 0 saturated carbocycles. The Morgan fingerprint density at radius 2 is 0.797 bits per heavy atom. The Hall–Kier alpha value is -4.79. The van der Waals surface area contributed by atoms with Crippen molar-refractivity contribution in [2.24, 2.45) is 0 Å². The number of carboxylic acids is 1. The molecule has 0 amide bonds. The number of rotatable bonds is 40. The monoisotopic (exact) mass is 884 g/mol. The first-order chi connectivity index (χ1) is 31.1. The third-order valence-corrected chi connectivity index (χ3v) is 9.47. The van der Waals surface area contributed by atoms with Gasteiger partial charge in [0.2, 0.25) is 0 Å². The van der Waals surface area contributed by atoms with Crippen LogP contribution in [0.3, 0.4) is 0 Å². The van der Waals surface area contributed by atoms with Crippen LogP contribution in [0.5, 0.6) is 0 Å². The van der Waals surface area contributed by atoms with E-state index in [1.54, 1.807) is 21.1 Å². The lowest BCUT2D eigenvalue weighted by Crippen LogP contribution is -2.55. The molecule has 0 aliphatic heterocycles. The summed E-state index contributed by atoms with van der Waals surface area (Å²) in [5.74, 6) is -1.91. The van der Waals surface area contributed by atoms with Gasteiger partial charge >= 0.3 is 11.9 Å². The number of hydrogen-bond donors (Lipinski definition) is 0. The SMILES string of the molecule is CC/C=C/C/C=C/C/C=C/C/C=C/C/C=C/C/C=C/C/C=C/CCCC(=O)OCC(COCCC(C(=O)[O-])[N+](C)(C)C)OC(=O)CCC/C=C/C/C=C/C/C=C/C/C=C/C/C=C/CC. The molecule has 0 heterocycles. The Bertz CT molecular complexity index is 1540. The molecule has 8 nitrogen and oxygen atoms in total. The normalized spacial score (nSPS) is 14.2. The van der Waals surface area contributed by atoms with E-state index in [0.29, 0.717) is 12.8 Å². The number of carboxylic acid groups (broad SMARTS) is 1. The molecule has 0 spiro atoms. The summed E-state index contributed by atoms with van der Waals surface area (Å²) < 4.78 is 17.1. The summed E-state index contributed by atoms with van der Waals surface area (Å²) in [7, 11) is 5.35. The van der Waals surface area contributed by atoms with Crippen LogP contribution in [-0.4, -0.2) is 75.5 Å². The molecule has 64 heavy (non-hydrogen) atoms. The summed E-state index contributed by atoms with van der Waals surface area (Å²) >= 11 is 0. The van der Waals surface area contributed by atoms with E-state index in [4.69, 9.17) is 14.2 Å². The molecule has 0 aromatic rings. The van der Waals surface area contributed by atoms with Gasteiger partial charge in [-0.25, -0.2) is 0 Å². The van der Waals surface area contributed by atoms with Crippen LogP contribution in [-0.2, 0) is 28.6 Å². The Kier molecular flexibility index (Phi) is 41.5. The molecule has 0 bridgehead atoms. The standard InChI is InChI=1S/C56H85NO7/c1-6-8-10-12-14-16-18-20-22-24-25-26-27-28-29-31-32-34-36-38-40-42-44-46-54(58)63-51-52(50-62-49-48-53(56(60)61)57(3,4)5)64-55(59)47-45-43-41-39-37-35-33-30-23-21-19-17-15-13-11-9-7-2/h8-11,14-17,20-23,25-26,28-29,32-35,38-41,52-53H,6-7,12-13,18-19,24,27,30-31,36-37,42-51H2,1-5H3/b10-8+,11-9+,16-14+,17-15+,22-20+,23-21+,26-25+,29-28+,34-32+,35-33+,40-38+,41-39+. The zero-order chi connectivity index (χ0) is 47.0. The summed E-state index contributed by atoms with van der Waals surface area (Å²) in [4.78, 5) is 36.9. The number of nitrogens with zero attached hydrogens (tertiary/aromatic N) is 1.